The number of hydrogen-bond donors (Lipinski definition) is 0. The molecule has 2 atom stereocenters. The average molecular weight is 167 g/mol. The van der Waals surface area contributed by atoms with Crippen molar-refractivity contribution in [1.82, 2.24) is 4.90 Å². The second-order valence-electron chi connectivity index (χ2n) is 4.53. The van der Waals surface area contributed by atoms with Crippen molar-refractivity contribution in [2.75, 3.05) is 13.6 Å². The van der Waals surface area contributed by atoms with E-state index in [4.69, 9.17) is 0 Å². The Morgan fingerprint density at radius 2 is 2.08 bits per heavy atom. The standard InChI is InChI=1S/C11H21N/c1-8(2)10(4)11-6-9(3)7-12(11)5/h8-9,11H,4,6-7H2,1-3,5H3. The van der Waals surface area contributed by atoms with Crippen LogP contribution in [-0.2, 0) is 0 Å². The van der Waals surface area contributed by atoms with Crippen molar-refractivity contribution in [2.45, 2.75) is 33.2 Å². The summed E-state index contributed by atoms with van der Waals surface area (Å²) >= 11 is 0. The molecule has 0 bridgehead atoms. The number of rotatable bonds is 2. The topological polar surface area (TPSA) is 3.24 Å². The summed E-state index contributed by atoms with van der Waals surface area (Å²) in [7, 11) is 2.21. The van der Waals surface area contributed by atoms with Crippen LogP contribution in [0.1, 0.15) is 27.2 Å². The van der Waals surface area contributed by atoms with Crippen molar-refractivity contribution >= 4 is 0 Å². The molecule has 1 rings (SSSR count). The highest BCUT2D eigenvalue weighted by Crippen LogP contribution is 2.28. The Bertz CT molecular complexity index is 172. The number of hydrogen-bond acceptors (Lipinski definition) is 1. The largest absolute Gasteiger partial charge is 0.299 e. The zero-order chi connectivity index (χ0) is 9.30. The first-order valence-corrected chi connectivity index (χ1v) is 4.91. The molecule has 1 aliphatic rings. The lowest BCUT2D eigenvalue weighted by molar-refractivity contribution is 0.327. The van der Waals surface area contributed by atoms with Gasteiger partial charge in [-0.3, -0.25) is 4.90 Å². The summed E-state index contributed by atoms with van der Waals surface area (Å²) in [6, 6.07) is 0.639. The maximum Gasteiger partial charge on any atom is 0.0307 e. The van der Waals surface area contributed by atoms with Gasteiger partial charge in [-0.15, -0.1) is 0 Å². The third kappa shape index (κ3) is 1.89. The molecular formula is C11H21N. The second kappa shape index (κ2) is 3.61. The Hall–Kier alpha value is -0.300. The molecule has 1 nitrogen and oxygen atoms in total. The highest BCUT2D eigenvalue weighted by molar-refractivity contribution is 5.11. The van der Waals surface area contributed by atoms with Crippen LogP contribution in [0.25, 0.3) is 0 Å². The van der Waals surface area contributed by atoms with Crippen molar-refractivity contribution < 1.29 is 0 Å². The van der Waals surface area contributed by atoms with Crippen LogP contribution in [0, 0.1) is 11.8 Å². The van der Waals surface area contributed by atoms with E-state index in [0.29, 0.717) is 12.0 Å². The lowest BCUT2D eigenvalue weighted by Crippen LogP contribution is -2.28. The van der Waals surface area contributed by atoms with Gasteiger partial charge in [0.25, 0.3) is 0 Å². The van der Waals surface area contributed by atoms with Gasteiger partial charge >= 0.3 is 0 Å². The van der Waals surface area contributed by atoms with Crippen molar-refractivity contribution in [3.05, 3.63) is 12.2 Å². The van der Waals surface area contributed by atoms with Crippen LogP contribution in [0.2, 0.25) is 0 Å². The lowest BCUT2D eigenvalue weighted by Gasteiger charge is -2.24. The van der Waals surface area contributed by atoms with Crippen molar-refractivity contribution in [1.29, 1.82) is 0 Å². The molecule has 0 aliphatic carbocycles. The van der Waals surface area contributed by atoms with Gasteiger partial charge in [0.15, 0.2) is 0 Å². The molecule has 0 spiro atoms. The van der Waals surface area contributed by atoms with E-state index in [9.17, 15) is 0 Å². The van der Waals surface area contributed by atoms with Crippen LogP contribution in [-0.4, -0.2) is 24.5 Å². The molecule has 0 aromatic carbocycles. The quantitative estimate of drug-likeness (QED) is 0.571. The van der Waals surface area contributed by atoms with Crippen molar-refractivity contribution in [3.8, 4) is 0 Å². The van der Waals surface area contributed by atoms with E-state index in [0.717, 1.165) is 5.92 Å². The van der Waals surface area contributed by atoms with E-state index in [1.807, 2.05) is 0 Å². The molecule has 1 heteroatoms. The zero-order valence-corrected chi connectivity index (χ0v) is 8.80. The normalized spacial score (nSPS) is 31.4. The molecule has 0 saturated carbocycles. The molecule has 1 fully saturated rings. The van der Waals surface area contributed by atoms with Gasteiger partial charge in [-0.2, -0.15) is 0 Å². The van der Waals surface area contributed by atoms with Gasteiger partial charge in [-0.05, 0) is 25.3 Å². The minimum absolute atomic E-state index is 0.628. The first-order chi connectivity index (χ1) is 5.52. The minimum atomic E-state index is 0.628. The van der Waals surface area contributed by atoms with Crippen molar-refractivity contribution in [3.63, 3.8) is 0 Å². The van der Waals surface area contributed by atoms with Crippen LogP contribution in [0.5, 0.6) is 0 Å². The van der Waals surface area contributed by atoms with Gasteiger partial charge in [-0.1, -0.05) is 32.9 Å². The molecule has 1 heterocycles. The Morgan fingerprint density at radius 1 is 1.50 bits per heavy atom. The lowest BCUT2D eigenvalue weighted by atomic mass is 9.94. The smallest absolute Gasteiger partial charge is 0.0307 e. The molecule has 12 heavy (non-hydrogen) atoms. The van der Waals surface area contributed by atoms with Crippen LogP contribution >= 0.6 is 0 Å². The Balaban J connectivity index is 2.58. The Kier molecular flexibility index (Phi) is 2.94. The fourth-order valence-electron chi connectivity index (χ4n) is 2.07. The monoisotopic (exact) mass is 167 g/mol. The number of likely N-dealkylation sites (tertiary alicyclic amines) is 1. The third-order valence-corrected chi connectivity index (χ3v) is 2.93. The zero-order valence-electron chi connectivity index (χ0n) is 8.80. The van der Waals surface area contributed by atoms with Gasteiger partial charge in [-0.25, -0.2) is 0 Å². The molecular weight excluding hydrogens is 146 g/mol. The molecule has 1 saturated heterocycles. The number of likely N-dealkylation sites (N-methyl/N-ethyl adjacent to an activating group) is 1. The summed E-state index contributed by atoms with van der Waals surface area (Å²) in [5.74, 6) is 1.47. The first-order valence-electron chi connectivity index (χ1n) is 4.91. The van der Waals surface area contributed by atoms with Crippen LogP contribution in [0.3, 0.4) is 0 Å². The maximum atomic E-state index is 4.18. The highest BCUT2D eigenvalue weighted by atomic mass is 15.2. The summed E-state index contributed by atoms with van der Waals surface area (Å²) in [4.78, 5) is 2.44. The van der Waals surface area contributed by atoms with E-state index in [2.05, 4.69) is 39.3 Å². The van der Waals surface area contributed by atoms with E-state index < -0.39 is 0 Å². The van der Waals surface area contributed by atoms with Crippen LogP contribution in [0.4, 0.5) is 0 Å². The fourth-order valence-corrected chi connectivity index (χ4v) is 2.07. The Labute approximate surface area is 76.5 Å². The van der Waals surface area contributed by atoms with Crippen molar-refractivity contribution in [2.24, 2.45) is 11.8 Å². The minimum Gasteiger partial charge on any atom is -0.299 e. The summed E-state index contributed by atoms with van der Waals surface area (Å²) < 4.78 is 0. The molecule has 0 aromatic rings. The Morgan fingerprint density at radius 3 is 2.42 bits per heavy atom. The van der Waals surface area contributed by atoms with E-state index in [1.54, 1.807) is 0 Å². The predicted octanol–water partition coefficient (Wildman–Crippen LogP) is 2.54. The molecule has 1 aliphatic heterocycles. The summed E-state index contributed by atoms with van der Waals surface area (Å²) in [5, 5.41) is 0. The molecule has 0 N–H and O–H groups in total. The second-order valence-corrected chi connectivity index (χ2v) is 4.53. The van der Waals surface area contributed by atoms with Crippen LogP contribution in [0.15, 0.2) is 12.2 Å². The fraction of sp³-hybridized carbons (Fsp3) is 0.818. The van der Waals surface area contributed by atoms with E-state index in [-0.39, 0.29) is 0 Å². The average Bonchev–Trinajstić information content (AvgIpc) is 2.28. The highest BCUT2D eigenvalue weighted by Gasteiger charge is 2.29. The van der Waals surface area contributed by atoms with Crippen LogP contribution < -0.4 is 0 Å². The van der Waals surface area contributed by atoms with E-state index in [1.165, 1.54) is 18.5 Å². The number of nitrogens with zero attached hydrogens (tertiary/aromatic N) is 1. The van der Waals surface area contributed by atoms with Gasteiger partial charge in [0.1, 0.15) is 0 Å². The summed E-state index contributed by atoms with van der Waals surface area (Å²) in [5.41, 5.74) is 1.40. The van der Waals surface area contributed by atoms with Gasteiger partial charge in [0.05, 0.1) is 0 Å². The maximum absolute atomic E-state index is 4.18. The summed E-state index contributed by atoms with van der Waals surface area (Å²) in [6.45, 7) is 12.2. The first kappa shape index (κ1) is 9.79. The van der Waals surface area contributed by atoms with Gasteiger partial charge in [0.2, 0.25) is 0 Å². The summed E-state index contributed by atoms with van der Waals surface area (Å²) in [6.07, 6.45) is 1.30. The van der Waals surface area contributed by atoms with E-state index >= 15 is 0 Å². The third-order valence-electron chi connectivity index (χ3n) is 2.93. The molecule has 0 aromatic heterocycles. The van der Waals surface area contributed by atoms with Gasteiger partial charge in [0, 0.05) is 12.6 Å². The van der Waals surface area contributed by atoms with Gasteiger partial charge < -0.3 is 0 Å². The SMILES string of the molecule is C=C(C(C)C)C1CC(C)CN1C. The molecule has 0 radical (unpaired) electrons. The molecule has 0 amide bonds. The molecule has 2 unspecified atom stereocenters. The molecule has 70 valence electrons. The predicted molar refractivity (Wildman–Crippen MR) is 54.2 cm³/mol.